The van der Waals surface area contributed by atoms with Gasteiger partial charge in [0.05, 0.1) is 50.8 Å². The summed E-state index contributed by atoms with van der Waals surface area (Å²) in [5.74, 6) is -0.752. The molecule has 6 nitrogen and oxygen atoms in total. The summed E-state index contributed by atoms with van der Waals surface area (Å²) in [6.07, 6.45) is 11.6. The van der Waals surface area contributed by atoms with E-state index in [1.807, 2.05) is 54.6 Å². The smallest absolute Gasteiger partial charge is 0.303 e. The van der Waals surface area contributed by atoms with E-state index in [0.29, 0.717) is 32.8 Å². The number of ether oxygens (including phenoxy) is 4. The second-order valence-corrected chi connectivity index (χ2v) is 12.3. The summed E-state index contributed by atoms with van der Waals surface area (Å²) in [7, 11) is 0. The van der Waals surface area contributed by atoms with E-state index in [4.69, 9.17) is 24.1 Å². The molecule has 1 saturated carbocycles. The summed E-state index contributed by atoms with van der Waals surface area (Å²) < 4.78 is 26.5. The molecule has 0 spiro atoms. The van der Waals surface area contributed by atoms with Crippen LogP contribution in [0.2, 0.25) is 0 Å². The SMILES string of the molecule is CCCCC[C@H](COC1C(OCc2ccccc2)CC(OCc2ccccc2)C1C=CCCCCC(=O)O)OCc1ccccc1. The van der Waals surface area contributed by atoms with E-state index < -0.39 is 5.97 Å². The van der Waals surface area contributed by atoms with Crippen molar-refractivity contribution in [2.75, 3.05) is 6.61 Å². The number of carbonyl (C=O) groups is 1. The van der Waals surface area contributed by atoms with Crippen LogP contribution in [0, 0.1) is 5.92 Å². The van der Waals surface area contributed by atoms with E-state index in [0.717, 1.165) is 55.2 Å². The summed E-state index contributed by atoms with van der Waals surface area (Å²) in [5.41, 5.74) is 3.42. The maximum atomic E-state index is 11.0. The Bertz CT molecular complexity index is 1250. The number of hydrogen-bond donors (Lipinski definition) is 1. The highest BCUT2D eigenvalue weighted by molar-refractivity contribution is 5.66. The Morgan fingerprint density at radius 3 is 1.93 bits per heavy atom. The molecular formula is C40H52O6. The zero-order chi connectivity index (χ0) is 32.2. The summed E-state index contributed by atoms with van der Waals surface area (Å²) in [4.78, 5) is 11.0. The van der Waals surface area contributed by atoms with Crippen molar-refractivity contribution in [3.63, 3.8) is 0 Å². The number of carboxylic acids is 1. The normalized spacial score (nSPS) is 20.3. The first-order valence-corrected chi connectivity index (χ1v) is 17.1. The van der Waals surface area contributed by atoms with Crippen LogP contribution in [-0.2, 0) is 43.6 Å². The van der Waals surface area contributed by atoms with Gasteiger partial charge in [-0.1, -0.05) is 129 Å². The van der Waals surface area contributed by atoms with Gasteiger partial charge in [-0.15, -0.1) is 0 Å². The monoisotopic (exact) mass is 628 g/mol. The molecule has 1 aliphatic rings. The van der Waals surface area contributed by atoms with Gasteiger partial charge in [-0.25, -0.2) is 0 Å². The lowest BCUT2D eigenvalue weighted by Gasteiger charge is -2.28. The minimum Gasteiger partial charge on any atom is -0.481 e. The topological polar surface area (TPSA) is 74.2 Å². The van der Waals surface area contributed by atoms with Crippen molar-refractivity contribution in [3.8, 4) is 0 Å². The largest absolute Gasteiger partial charge is 0.481 e. The number of hydrogen-bond acceptors (Lipinski definition) is 5. The van der Waals surface area contributed by atoms with Crippen LogP contribution < -0.4 is 0 Å². The first-order valence-electron chi connectivity index (χ1n) is 17.1. The number of aliphatic carboxylic acids is 1. The Morgan fingerprint density at radius 2 is 1.35 bits per heavy atom. The fraction of sp³-hybridized carbons (Fsp3) is 0.475. The van der Waals surface area contributed by atoms with Crippen LogP contribution in [-0.4, -0.2) is 42.1 Å². The van der Waals surface area contributed by atoms with Crippen LogP contribution in [0.3, 0.4) is 0 Å². The van der Waals surface area contributed by atoms with E-state index >= 15 is 0 Å². The molecule has 5 atom stereocenters. The highest BCUT2D eigenvalue weighted by Crippen LogP contribution is 2.36. The highest BCUT2D eigenvalue weighted by Gasteiger charge is 2.44. The van der Waals surface area contributed by atoms with Gasteiger partial charge in [-0.2, -0.15) is 0 Å². The van der Waals surface area contributed by atoms with Gasteiger partial charge in [0.15, 0.2) is 0 Å². The van der Waals surface area contributed by atoms with E-state index in [1.54, 1.807) is 0 Å². The van der Waals surface area contributed by atoms with Crippen molar-refractivity contribution in [1.29, 1.82) is 0 Å². The average Bonchev–Trinajstić information content (AvgIpc) is 3.42. The summed E-state index contributed by atoms with van der Waals surface area (Å²) in [6, 6.07) is 30.8. The van der Waals surface area contributed by atoms with E-state index in [2.05, 4.69) is 55.5 Å². The Labute approximate surface area is 275 Å². The molecule has 0 saturated heterocycles. The molecule has 6 heteroatoms. The van der Waals surface area contributed by atoms with Crippen LogP contribution in [0.5, 0.6) is 0 Å². The van der Waals surface area contributed by atoms with Gasteiger partial charge < -0.3 is 24.1 Å². The lowest BCUT2D eigenvalue weighted by atomic mass is 10.0. The fourth-order valence-electron chi connectivity index (χ4n) is 5.96. The minimum absolute atomic E-state index is 0.00521. The average molecular weight is 629 g/mol. The second-order valence-electron chi connectivity index (χ2n) is 12.3. The van der Waals surface area contributed by atoms with Crippen molar-refractivity contribution < 1.29 is 28.8 Å². The zero-order valence-corrected chi connectivity index (χ0v) is 27.4. The molecule has 3 aromatic rings. The van der Waals surface area contributed by atoms with Gasteiger partial charge in [0, 0.05) is 18.8 Å². The third kappa shape index (κ3) is 12.8. The van der Waals surface area contributed by atoms with Crippen molar-refractivity contribution in [2.45, 2.75) is 109 Å². The molecule has 248 valence electrons. The lowest BCUT2D eigenvalue weighted by Crippen LogP contribution is -2.35. The van der Waals surface area contributed by atoms with Crippen molar-refractivity contribution in [1.82, 2.24) is 0 Å². The number of carboxylic acid groups (broad SMARTS) is 1. The quantitative estimate of drug-likeness (QED) is 0.0885. The molecule has 0 heterocycles. The number of rotatable bonds is 22. The fourth-order valence-corrected chi connectivity index (χ4v) is 5.96. The van der Waals surface area contributed by atoms with Gasteiger partial charge >= 0.3 is 5.97 Å². The Morgan fingerprint density at radius 1 is 0.761 bits per heavy atom. The molecule has 0 amide bonds. The molecule has 46 heavy (non-hydrogen) atoms. The third-order valence-corrected chi connectivity index (χ3v) is 8.56. The van der Waals surface area contributed by atoms with Crippen LogP contribution in [0.1, 0.15) is 81.4 Å². The Balaban J connectivity index is 1.49. The molecule has 1 N–H and O–H groups in total. The second kappa shape index (κ2) is 20.8. The van der Waals surface area contributed by atoms with Crippen LogP contribution >= 0.6 is 0 Å². The number of unbranched alkanes of at least 4 members (excludes halogenated alkanes) is 4. The van der Waals surface area contributed by atoms with Crippen LogP contribution in [0.15, 0.2) is 103 Å². The predicted octanol–water partition coefficient (Wildman–Crippen LogP) is 8.93. The Kier molecular flexibility index (Phi) is 16.0. The molecule has 0 aromatic heterocycles. The summed E-state index contributed by atoms with van der Waals surface area (Å²) in [6.45, 7) is 4.29. The molecule has 1 fully saturated rings. The number of benzene rings is 3. The van der Waals surface area contributed by atoms with Gasteiger partial charge in [0.25, 0.3) is 0 Å². The van der Waals surface area contributed by atoms with Gasteiger partial charge in [0.2, 0.25) is 0 Å². The molecular weight excluding hydrogens is 576 g/mol. The molecule has 1 aliphatic carbocycles. The summed E-state index contributed by atoms with van der Waals surface area (Å²) in [5, 5.41) is 9.03. The van der Waals surface area contributed by atoms with E-state index in [-0.39, 0.29) is 36.8 Å². The van der Waals surface area contributed by atoms with Gasteiger partial charge in [0.1, 0.15) is 0 Å². The van der Waals surface area contributed by atoms with Gasteiger partial charge in [-0.3, -0.25) is 4.79 Å². The molecule has 0 radical (unpaired) electrons. The van der Waals surface area contributed by atoms with E-state index in [1.165, 1.54) is 6.42 Å². The van der Waals surface area contributed by atoms with Crippen LogP contribution in [0.4, 0.5) is 0 Å². The zero-order valence-electron chi connectivity index (χ0n) is 27.4. The first-order chi connectivity index (χ1) is 22.6. The van der Waals surface area contributed by atoms with Crippen molar-refractivity contribution >= 4 is 5.97 Å². The molecule has 0 bridgehead atoms. The number of allylic oxidation sites excluding steroid dienone is 1. The minimum atomic E-state index is -0.746. The van der Waals surface area contributed by atoms with Crippen LogP contribution in [0.25, 0.3) is 0 Å². The molecule has 3 aromatic carbocycles. The molecule has 4 rings (SSSR count). The molecule has 4 unspecified atom stereocenters. The van der Waals surface area contributed by atoms with Gasteiger partial charge in [-0.05, 0) is 42.4 Å². The maximum Gasteiger partial charge on any atom is 0.303 e. The highest BCUT2D eigenvalue weighted by atomic mass is 16.6. The first kappa shape index (κ1) is 35.6. The third-order valence-electron chi connectivity index (χ3n) is 8.56. The van der Waals surface area contributed by atoms with Crippen molar-refractivity contribution in [2.24, 2.45) is 5.92 Å². The predicted molar refractivity (Wildman–Crippen MR) is 182 cm³/mol. The maximum absolute atomic E-state index is 11.0. The lowest BCUT2D eigenvalue weighted by molar-refractivity contribution is -0.137. The summed E-state index contributed by atoms with van der Waals surface area (Å²) >= 11 is 0. The van der Waals surface area contributed by atoms with Crippen molar-refractivity contribution in [3.05, 3.63) is 120 Å². The Hall–Kier alpha value is -3.29. The van der Waals surface area contributed by atoms with E-state index in [9.17, 15) is 4.79 Å². The standard InChI is InChI=1S/C40H52O6/c1-2-3-9-24-35(43-28-32-18-10-6-11-19-32)31-46-40-36(25-16-4-5-17-26-39(41)42)37(44-29-33-20-12-7-13-21-33)27-38(40)45-30-34-22-14-8-15-23-34/h6-8,10-16,18-23,25,35-38,40H,2-5,9,17,24,26-31H2,1H3,(H,41,42)/t35-,36?,37?,38?,40?/m1/s1. The molecule has 0 aliphatic heterocycles.